The monoisotopic (exact) mass is 410 g/mol. The number of benzene rings is 2. The molecular weight excluding hydrogens is 384 g/mol. The predicted octanol–water partition coefficient (Wildman–Crippen LogP) is 2.89. The summed E-state index contributed by atoms with van der Waals surface area (Å²) < 4.78 is 5.23. The molecule has 0 saturated heterocycles. The first-order valence-corrected chi connectivity index (χ1v) is 10.1. The van der Waals surface area contributed by atoms with Gasteiger partial charge in [0.15, 0.2) is 0 Å². The van der Waals surface area contributed by atoms with Crippen LogP contribution < -0.4 is 10.6 Å². The summed E-state index contributed by atoms with van der Waals surface area (Å²) in [6.45, 7) is 0.0752. The van der Waals surface area contributed by atoms with Crippen molar-refractivity contribution in [3.8, 4) is 0 Å². The Labute approximate surface area is 175 Å². The molecule has 0 spiro atoms. The zero-order chi connectivity index (χ0) is 21.3. The molecule has 30 heavy (non-hydrogen) atoms. The zero-order valence-corrected chi connectivity index (χ0v) is 16.6. The molecule has 1 aliphatic rings. The highest BCUT2D eigenvalue weighted by Gasteiger charge is 2.32. The molecule has 0 radical (unpaired) electrons. The van der Waals surface area contributed by atoms with E-state index in [2.05, 4.69) is 10.6 Å². The van der Waals surface area contributed by atoms with Gasteiger partial charge in [0.1, 0.15) is 18.7 Å². The number of alkyl carbamates (subject to hydrolysis) is 1. The number of nitrogens with one attached hydrogen (secondary N) is 2. The van der Waals surface area contributed by atoms with E-state index in [4.69, 9.17) is 4.74 Å². The molecule has 158 valence electrons. The third-order valence-electron chi connectivity index (χ3n) is 4.98. The summed E-state index contributed by atoms with van der Waals surface area (Å²) in [6, 6.07) is 16.5. The number of hydrogen-bond acceptors (Lipinski definition) is 4. The van der Waals surface area contributed by atoms with Crippen LogP contribution in [0, 0.1) is 5.92 Å². The van der Waals surface area contributed by atoms with Gasteiger partial charge in [0.2, 0.25) is 5.91 Å². The maximum Gasteiger partial charge on any atom is 0.408 e. The van der Waals surface area contributed by atoms with Gasteiger partial charge < -0.3 is 20.5 Å². The third kappa shape index (κ3) is 6.92. The van der Waals surface area contributed by atoms with Crippen LogP contribution in [-0.4, -0.2) is 35.2 Å². The molecule has 0 heterocycles. The molecule has 2 aromatic carbocycles. The van der Waals surface area contributed by atoms with Crippen LogP contribution in [0.1, 0.15) is 30.4 Å². The van der Waals surface area contributed by atoms with Gasteiger partial charge in [0, 0.05) is 6.42 Å². The van der Waals surface area contributed by atoms with E-state index >= 15 is 0 Å². The van der Waals surface area contributed by atoms with Gasteiger partial charge in [-0.3, -0.25) is 4.79 Å². The molecule has 0 bridgehead atoms. The van der Waals surface area contributed by atoms with Crippen molar-refractivity contribution in [2.45, 2.75) is 44.4 Å². The molecule has 2 atom stereocenters. The third-order valence-corrected chi connectivity index (χ3v) is 4.98. The molecule has 0 aromatic heterocycles. The normalized spacial score (nSPS) is 14.9. The lowest BCUT2D eigenvalue weighted by atomic mass is 10.0. The number of aliphatic carboxylic acids is 1. The van der Waals surface area contributed by atoms with E-state index < -0.39 is 30.1 Å². The first-order chi connectivity index (χ1) is 14.5. The minimum atomic E-state index is -1.07. The van der Waals surface area contributed by atoms with Crippen LogP contribution in [0.4, 0.5) is 4.79 Å². The zero-order valence-electron chi connectivity index (χ0n) is 16.6. The van der Waals surface area contributed by atoms with Gasteiger partial charge in [-0.1, -0.05) is 73.5 Å². The molecule has 7 heteroatoms. The van der Waals surface area contributed by atoms with Crippen molar-refractivity contribution in [1.82, 2.24) is 10.6 Å². The molecule has 1 fully saturated rings. The Kier molecular flexibility index (Phi) is 7.43. The second-order valence-electron chi connectivity index (χ2n) is 7.53. The standard InChI is InChI=1S/C23H26N2O5/c26-21(24-20(22(27)28)14-17-11-12-17)19(13-16-7-3-1-4-8-16)25-23(29)30-15-18-9-5-2-6-10-18/h1-10,17,19-20H,11-15H2,(H,24,26)(H,25,29)(H,27,28)/t19-,20+/m0/s1. The van der Waals surface area contributed by atoms with Crippen LogP contribution in [0.3, 0.4) is 0 Å². The van der Waals surface area contributed by atoms with E-state index in [-0.39, 0.29) is 13.0 Å². The number of rotatable bonds is 10. The molecule has 1 saturated carbocycles. The van der Waals surface area contributed by atoms with Crippen LogP contribution >= 0.6 is 0 Å². The molecule has 3 rings (SSSR count). The smallest absolute Gasteiger partial charge is 0.408 e. The number of ether oxygens (including phenoxy) is 1. The van der Waals surface area contributed by atoms with E-state index in [1.54, 1.807) is 0 Å². The fraction of sp³-hybridized carbons (Fsp3) is 0.348. The number of carboxylic acids is 1. The van der Waals surface area contributed by atoms with E-state index in [9.17, 15) is 19.5 Å². The van der Waals surface area contributed by atoms with Crippen molar-refractivity contribution in [3.05, 3.63) is 71.8 Å². The van der Waals surface area contributed by atoms with Gasteiger partial charge >= 0.3 is 12.1 Å². The Bertz CT molecular complexity index is 852. The molecule has 2 aromatic rings. The summed E-state index contributed by atoms with van der Waals surface area (Å²) in [6.07, 6.45) is 1.86. The summed E-state index contributed by atoms with van der Waals surface area (Å²) in [5.74, 6) is -1.27. The molecule has 3 N–H and O–H groups in total. The van der Waals surface area contributed by atoms with E-state index in [1.165, 1.54) is 0 Å². The van der Waals surface area contributed by atoms with Crippen LogP contribution in [0.2, 0.25) is 0 Å². The highest BCUT2D eigenvalue weighted by Crippen LogP contribution is 2.33. The van der Waals surface area contributed by atoms with Gasteiger partial charge in [-0.25, -0.2) is 9.59 Å². The average molecular weight is 410 g/mol. The SMILES string of the molecule is O=C(N[C@@H](Cc1ccccc1)C(=O)N[C@H](CC1CC1)C(=O)O)OCc1ccccc1. The van der Waals surface area contributed by atoms with Crippen molar-refractivity contribution in [2.75, 3.05) is 0 Å². The van der Waals surface area contributed by atoms with Crippen LogP contribution in [0.5, 0.6) is 0 Å². The Morgan fingerprint density at radius 3 is 2.07 bits per heavy atom. The largest absolute Gasteiger partial charge is 0.480 e. The Balaban J connectivity index is 1.63. The number of carboxylic acid groups (broad SMARTS) is 1. The van der Waals surface area contributed by atoms with Gasteiger partial charge in [0.25, 0.3) is 0 Å². The van der Waals surface area contributed by atoms with E-state index in [0.29, 0.717) is 12.3 Å². The van der Waals surface area contributed by atoms with Gasteiger partial charge in [-0.15, -0.1) is 0 Å². The fourth-order valence-corrected chi connectivity index (χ4v) is 3.15. The van der Waals surface area contributed by atoms with Crippen molar-refractivity contribution in [2.24, 2.45) is 5.92 Å². The van der Waals surface area contributed by atoms with Crippen molar-refractivity contribution < 1.29 is 24.2 Å². The minimum Gasteiger partial charge on any atom is -0.480 e. The van der Waals surface area contributed by atoms with Gasteiger partial charge in [0.05, 0.1) is 0 Å². The summed E-state index contributed by atoms with van der Waals surface area (Å²) in [5, 5.41) is 14.6. The molecular formula is C23H26N2O5. The summed E-state index contributed by atoms with van der Waals surface area (Å²) in [5.41, 5.74) is 1.67. The Hall–Kier alpha value is -3.35. The number of amides is 2. The first kappa shape index (κ1) is 21.4. The summed E-state index contributed by atoms with van der Waals surface area (Å²) in [4.78, 5) is 36.7. The lowest BCUT2D eigenvalue weighted by Crippen LogP contribution is -2.52. The Morgan fingerprint density at radius 1 is 0.900 bits per heavy atom. The van der Waals surface area contributed by atoms with Crippen molar-refractivity contribution >= 4 is 18.0 Å². The first-order valence-electron chi connectivity index (χ1n) is 10.1. The summed E-state index contributed by atoms with van der Waals surface area (Å²) in [7, 11) is 0. The highest BCUT2D eigenvalue weighted by molar-refractivity contribution is 5.89. The van der Waals surface area contributed by atoms with E-state index in [0.717, 1.165) is 24.0 Å². The molecule has 2 amide bonds. The van der Waals surface area contributed by atoms with Crippen LogP contribution in [0.25, 0.3) is 0 Å². The fourth-order valence-electron chi connectivity index (χ4n) is 3.15. The molecule has 0 unspecified atom stereocenters. The molecule has 0 aliphatic heterocycles. The van der Waals surface area contributed by atoms with Gasteiger partial charge in [-0.05, 0) is 23.5 Å². The quantitative estimate of drug-likeness (QED) is 0.559. The van der Waals surface area contributed by atoms with E-state index in [1.807, 2.05) is 60.7 Å². The number of hydrogen-bond donors (Lipinski definition) is 3. The predicted molar refractivity (Wildman–Crippen MR) is 111 cm³/mol. The second-order valence-corrected chi connectivity index (χ2v) is 7.53. The average Bonchev–Trinajstić information content (AvgIpc) is 3.57. The molecule has 7 nitrogen and oxygen atoms in total. The lowest BCUT2D eigenvalue weighted by molar-refractivity contribution is -0.142. The number of carbonyl (C=O) groups is 3. The van der Waals surface area contributed by atoms with Gasteiger partial charge in [-0.2, -0.15) is 0 Å². The number of carbonyl (C=O) groups excluding carboxylic acids is 2. The summed E-state index contributed by atoms with van der Waals surface area (Å²) >= 11 is 0. The van der Waals surface area contributed by atoms with Crippen molar-refractivity contribution in [3.63, 3.8) is 0 Å². The van der Waals surface area contributed by atoms with Crippen molar-refractivity contribution in [1.29, 1.82) is 0 Å². The topological polar surface area (TPSA) is 105 Å². The van der Waals surface area contributed by atoms with Crippen LogP contribution in [0.15, 0.2) is 60.7 Å². The minimum absolute atomic E-state index is 0.0752. The highest BCUT2D eigenvalue weighted by atomic mass is 16.5. The maximum absolute atomic E-state index is 12.8. The second kappa shape index (κ2) is 10.4. The maximum atomic E-state index is 12.8. The van der Waals surface area contributed by atoms with Crippen LogP contribution in [-0.2, 0) is 27.4 Å². The lowest BCUT2D eigenvalue weighted by Gasteiger charge is -2.21. The molecule has 1 aliphatic carbocycles. The Morgan fingerprint density at radius 2 is 1.50 bits per heavy atom.